The highest BCUT2D eigenvalue weighted by molar-refractivity contribution is 6.31. The number of rotatable bonds is 6. The standard InChI is InChI=1S/C17H17ClFNO2/c1-2-12-9-14(7-8-15(12)18)22-11-17(21)20-10-13-5-3-4-6-16(13)19/h3-9H,2,10-11H2,1H3,(H,20,21). The number of amides is 1. The summed E-state index contributed by atoms with van der Waals surface area (Å²) in [7, 11) is 0. The lowest BCUT2D eigenvalue weighted by molar-refractivity contribution is -0.123. The molecule has 0 fully saturated rings. The molecular weight excluding hydrogens is 305 g/mol. The summed E-state index contributed by atoms with van der Waals surface area (Å²) in [6.07, 6.45) is 0.787. The van der Waals surface area contributed by atoms with Crippen LogP contribution in [-0.2, 0) is 17.8 Å². The Balaban J connectivity index is 1.84. The van der Waals surface area contributed by atoms with Gasteiger partial charge in [-0.15, -0.1) is 0 Å². The van der Waals surface area contributed by atoms with Crippen molar-refractivity contribution in [3.05, 3.63) is 64.4 Å². The Bertz CT molecular complexity index is 661. The van der Waals surface area contributed by atoms with Gasteiger partial charge in [0.2, 0.25) is 0 Å². The number of hydrogen-bond acceptors (Lipinski definition) is 2. The Morgan fingerprint density at radius 2 is 2.00 bits per heavy atom. The highest BCUT2D eigenvalue weighted by Crippen LogP contribution is 2.22. The van der Waals surface area contributed by atoms with Crippen LogP contribution in [0.3, 0.4) is 0 Å². The van der Waals surface area contributed by atoms with Gasteiger partial charge in [-0.1, -0.05) is 36.7 Å². The van der Waals surface area contributed by atoms with Gasteiger partial charge in [-0.05, 0) is 36.2 Å². The van der Waals surface area contributed by atoms with E-state index in [2.05, 4.69) is 5.32 Å². The molecule has 2 aromatic carbocycles. The molecule has 0 aliphatic heterocycles. The molecule has 0 radical (unpaired) electrons. The predicted octanol–water partition coefficient (Wildman–Crippen LogP) is 3.74. The fraction of sp³-hybridized carbons (Fsp3) is 0.235. The van der Waals surface area contributed by atoms with Crippen LogP contribution in [0.1, 0.15) is 18.1 Å². The van der Waals surface area contributed by atoms with Crippen LogP contribution >= 0.6 is 11.6 Å². The van der Waals surface area contributed by atoms with Crippen LogP contribution in [0.4, 0.5) is 4.39 Å². The smallest absolute Gasteiger partial charge is 0.258 e. The number of benzene rings is 2. The van der Waals surface area contributed by atoms with Gasteiger partial charge >= 0.3 is 0 Å². The van der Waals surface area contributed by atoms with E-state index >= 15 is 0 Å². The van der Waals surface area contributed by atoms with Gasteiger partial charge in [0.1, 0.15) is 11.6 Å². The SMILES string of the molecule is CCc1cc(OCC(=O)NCc2ccccc2F)ccc1Cl. The van der Waals surface area contributed by atoms with E-state index < -0.39 is 0 Å². The van der Waals surface area contributed by atoms with E-state index in [1.165, 1.54) is 6.07 Å². The zero-order valence-electron chi connectivity index (χ0n) is 12.2. The van der Waals surface area contributed by atoms with Gasteiger partial charge in [-0.2, -0.15) is 0 Å². The third kappa shape index (κ3) is 4.46. The van der Waals surface area contributed by atoms with Crippen LogP contribution in [0.2, 0.25) is 5.02 Å². The average Bonchev–Trinajstić information content (AvgIpc) is 2.53. The number of halogens is 2. The molecule has 2 rings (SSSR count). The van der Waals surface area contributed by atoms with Crippen LogP contribution in [-0.4, -0.2) is 12.5 Å². The molecule has 1 amide bonds. The zero-order valence-corrected chi connectivity index (χ0v) is 13.0. The fourth-order valence-electron chi connectivity index (χ4n) is 1.95. The molecule has 5 heteroatoms. The number of aryl methyl sites for hydroxylation is 1. The second-order valence-electron chi connectivity index (χ2n) is 4.76. The lowest BCUT2D eigenvalue weighted by atomic mass is 10.1. The summed E-state index contributed by atoms with van der Waals surface area (Å²) in [5, 5.41) is 3.30. The van der Waals surface area contributed by atoms with Gasteiger partial charge in [0.25, 0.3) is 5.91 Å². The van der Waals surface area contributed by atoms with Gasteiger partial charge in [0.05, 0.1) is 0 Å². The maximum absolute atomic E-state index is 13.4. The lowest BCUT2D eigenvalue weighted by Crippen LogP contribution is -2.28. The van der Waals surface area contributed by atoms with Crippen molar-refractivity contribution in [3.8, 4) is 5.75 Å². The molecule has 1 N–H and O–H groups in total. The van der Waals surface area contributed by atoms with Crippen molar-refractivity contribution in [3.63, 3.8) is 0 Å². The minimum absolute atomic E-state index is 0.126. The molecule has 0 bridgehead atoms. The maximum atomic E-state index is 13.4. The first kappa shape index (κ1) is 16.3. The third-order valence-corrected chi connectivity index (χ3v) is 3.57. The Labute approximate surface area is 134 Å². The largest absolute Gasteiger partial charge is 0.484 e. The molecule has 0 aromatic heterocycles. The molecule has 0 aliphatic rings. The molecule has 0 unspecified atom stereocenters. The Kier molecular flexibility index (Phi) is 5.78. The van der Waals surface area contributed by atoms with Crippen molar-refractivity contribution in [1.82, 2.24) is 5.32 Å². The molecule has 116 valence electrons. The molecular formula is C17H17ClFNO2. The van der Waals surface area contributed by atoms with Crippen LogP contribution in [0.25, 0.3) is 0 Å². The van der Waals surface area contributed by atoms with Crippen molar-refractivity contribution < 1.29 is 13.9 Å². The summed E-state index contributed by atoms with van der Waals surface area (Å²) >= 11 is 6.02. The first-order valence-electron chi connectivity index (χ1n) is 7.01. The predicted molar refractivity (Wildman–Crippen MR) is 84.6 cm³/mol. The van der Waals surface area contributed by atoms with E-state index in [1.54, 1.807) is 30.3 Å². The molecule has 0 atom stereocenters. The van der Waals surface area contributed by atoms with Gasteiger partial charge in [0.15, 0.2) is 6.61 Å². The molecule has 3 nitrogen and oxygen atoms in total. The second-order valence-corrected chi connectivity index (χ2v) is 5.17. The number of ether oxygens (including phenoxy) is 1. The second kappa shape index (κ2) is 7.80. The fourth-order valence-corrected chi connectivity index (χ4v) is 2.20. The van der Waals surface area contributed by atoms with Gasteiger partial charge < -0.3 is 10.1 Å². The maximum Gasteiger partial charge on any atom is 0.258 e. The van der Waals surface area contributed by atoms with Crippen LogP contribution < -0.4 is 10.1 Å². The van der Waals surface area contributed by atoms with E-state index in [4.69, 9.17) is 16.3 Å². The first-order valence-corrected chi connectivity index (χ1v) is 7.39. The third-order valence-electron chi connectivity index (χ3n) is 3.20. The molecule has 2 aromatic rings. The van der Waals surface area contributed by atoms with Gasteiger partial charge in [-0.25, -0.2) is 4.39 Å². The topological polar surface area (TPSA) is 38.3 Å². The number of carbonyl (C=O) groups excluding carboxylic acids is 1. The van der Waals surface area contributed by atoms with E-state index in [0.29, 0.717) is 16.3 Å². The summed E-state index contributed by atoms with van der Waals surface area (Å²) in [4.78, 5) is 11.7. The molecule has 0 aliphatic carbocycles. The summed E-state index contributed by atoms with van der Waals surface area (Å²) in [5.74, 6) is -0.0625. The summed E-state index contributed by atoms with van der Waals surface area (Å²) in [6, 6.07) is 11.6. The van der Waals surface area contributed by atoms with Crippen LogP contribution in [0, 0.1) is 5.82 Å². The zero-order chi connectivity index (χ0) is 15.9. The van der Waals surface area contributed by atoms with Crippen molar-refractivity contribution >= 4 is 17.5 Å². The van der Waals surface area contributed by atoms with Crippen molar-refractivity contribution in [2.45, 2.75) is 19.9 Å². The number of nitrogens with one attached hydrogen (secondary N) is 1. The molecule has 0 saturated carbocycles. The van der Waals surface area contributed by atoms with Crippen LogP contribution in [0.15, 0.2) is 42.5 Å². The Hall–Kier alpha value is -2.07. The summed E-state index contributed by atoms with van der Waals surface area (Å²) in [6.45, 7) is 2.00. The molecule has 0 spiro atoms. The van der Waals surface area contributed by atoms with E-state index in [1.807, 2.05) is 13.0 Å². The summed E-state index contributed by atoms with van der Waals surface area (Å²) < 4.78 is 18.8. The van der Waals surface area contributed by atoms with E-state index in [9.17, 15) is 9.18 Å². The monoisotopic (exact) mass is 321 g/mol. The number of hydrogen-bond donors (Lipinski definition) is 1. The Morgan fingerprint density at radius 3 is 2.73 bits per heavy atom. The Morgan fingerprint density at radius 1 is 1.23 bits per heavy atom. The summed E-state index contributed by atoms with van der Waals surface area (Å²) in [5.41, 5.74) is 1.40. The molecule has 0 saturated heterocycles. The van der Waals surface area contributed by atoms with Crippen molar-refractivity contribution in [2.24, 2.45) is 0 Å². The molecule has 22 heavy (non-hydrogen) atoms. The number of carbonyl (C=O) groups is 1. The first-order chi connectivity index (χ1) is 10.6. The average molecular weight is 322 g/mol. The van der Waals surface area contributed by atoms with Gasteiger partial charge in [0, 0.05) is 17.1 Å². The highest BCUT2D eigenvalue weighted by atomic mass is 35.5. The van der Waals surface area contributed by atoms with Gasteiger partial charge in [-0.3, -0.25) is 4.79 Å². The lowest BCUT2D eigenvalue weighted by Gasteiger charge is -2.09. The minimum Gasteiger partial charge on any atom is -0.484 e. The van der Waals surface area contributed by atoms with E-state index in [-0.39, 0.29) is 24.9 Å². The highest BCUT2D eigenvalue weighted by Gasteiger charge is 2.06. The normalized spacial score (nSPS) is 10.3. The van der Waals surface area contributed by atoms with Crippen molar-refractivity contribution in [1.29, 1.82) is 0 Å². The molecule has 0 heterocycles. The quantitative estimate of drug-likeness (QED) is 0.880. The van der Waals surface area contributed by atoms with Crippen molar-refractivity contribution in [2.75, 3.05) is 6.61 Å². The van der Waals surface area contributed by atoms with Crippen LogP contribution in [0.5, 0.6) is 5.75 Å². The van der Waals surface area contributed by atoms with E-state index in [0.717, 1.165) is 12.0 Å². The minimum atomic E-state index is -0.339.